The average Bonchev–Trinajstić information content (AvgIpc) is 2.52. The van der Waals surface area contributed by atoms with Crippen molar-refractivity contribution in [3.05, 3.63) is 17.9 Å². The minimum absolute atomic E-state index is 0.0166. The molecule has 0 bridgehead atoms. The molecule has 0 saturated heterocycles. The molecule has 0 fully saturated rings. The molecule has 1 aromatic rings. The van der Waals surface area contributed by atoms with Gasteiger partial charge in [-0.05, 0) is 12.1 Å². The summed E-state index contributed by atoms with van der Waals surface area (Å²) >= 11 is 0. The lowest BCUT2D eigenvalue weighted by Crippen LogP contribution is -2.17. The highest BCUT2D eigenvalue weighted by Gasteiger charge is 2.12. The van der Waals surface area contributed by atoms with Crippen LogP contribution in [-0.2, 0) is 16.6 Å². The Morgan fingerprint density at radius 3 is 2.71 bits per heavy atom. The molecule has 6 nitrogen and oxygen atoms in total. The number of primary sulfonamides is 1. The zero-order chi connectivity index (χ0) is 10.6. The second-order valence-electron chi connectivity index (χ2n) is 2.67. The summed E-state index contributed by atoms with van der Waals surface area (Å²) < 4.78 is 26.5. The highest BCUT2D eigenvalue weighted by molar-refractivity contribution is 7.89. The van der Waals surface area contributed by atoms with Crippen LogP contribution in [0.1, 0.15) is 5.76 Å². The van der Waals surface area contributed by atoms with Crippen molar-refractivity contribution in [2.24, 2.45) is 5.14 Å². The molecule has 0 radical (unpaired) electrons. The molecule has 0 spiro atoms. The van der Waals surface area contributed by atoms with Crippen molar-refractivity contribution >= 4 is 10.0 Å². The quantitative estimate of drug-likeness (QED) is 0.552. The first-order chi connectivity index (χ1) is 6.54. The molecule has 80 valence electrons. The first-order valence-electron chi connectivity index (χ1n) is 3.97. The standard InChI is InChI=1S/C7H12N2O4S/c8-14(11,12)7-2-1-6(13-7)5-9-3-4-10/h1-2,9-10H,3-5H2,(H2,8,11,12). The molecule has 1 rings (SSSR count). The third-order valence-corrected chi connectivity index (χ3v) is 2.29. The van der Waals surface area contributed by atoms with E-state index in [0.717, 1.165) is 0 Å². The van der Waals surface area contributed by atoms with Crippen LogP contribution in [0.3, 0.4) is 0 Å². The van der Waals surface area contributed by atoms with Gasteiger partial charge in [0.25, 0.3) is 10.0 Å². The zero-order valence-corrected chi connectivity index (χ0v) is 8.25. The molecular weight excluding hydrogens is 208 g/mol. The first-order valence-corrected chi connectivity index (χ1v) is 5.52. The van der Waals surface area contributed by atoms with E-state index in [0.29, 0.717) is 18.8 Å². The van der Waals surface area contributed by atoms with Gasteiger partial charge in [0.2, 0.25) is 5.09 Å². The lowest BCUT2D eigenvalue weighted by molar-refractivity contribution is 0.288. The lowest BCUT2D eigenvalue weighted by Gasteiger charge is -1.98. The average molecular weight is 220 g/mol. The second kappa shape index (κ2) is 4.56. The summed E-state index contributed by atoms with van der Waals surface area (Å²) in [4.78, 5) is 0. The van der Waals surface area contributed by atoms with Gasteiger partial charge in [-0.15, -0.1) is 0 Å². The molecule has 0 aliphatic heterocycles. The molecule has 1 aromatic heterocycles. The molecule has 0 aliphatic carbocycles. The third kappa shape index (κ3) is 3.11. The number of nitrogens with one attached hydrogen (secondary N) is 1. The normalized spacial score (nSPS) is 11.9. The maximum absolute atomic E-state index is 10.8. The summed E-state index contributed by atoms with van der Waals surface area (Å²) in [7, 11) is -3.76. The van der Waals surface area contributed by atoms with Crippen molar-refractivity contribution in [2.45, 2.75) is 11.6 Å². The van der Waals surface area contributed by atoms with Crippen molar-refractivity contribution in [1.82, 2.24) is 5.32 Å². The van der Waals surface area contributed by atoms with Crippen LogP contribution >= 0.6 is 0 Å². The van der Waals surface area contributed by atoms with Gasteiger partial charge in [-0.2, -0.15) is 0 Å². The Morgan fingerprint density at radius 2 is 2.21 bits per heavy atom. The Morgan fingerprint density at radius 1 is 1.50 bits per heavy atom. The van der Waals surface area contributed by atoms with Gasteiger partial charge in [0, 0.05) is 6.54 Å². The molecule has 0 aliphatic rings. The molecular formula is C7H12N2O4S. The largest absolute Gasteiger partial charge is 0.447 e. The molecule has 0 aromatic carbocycles. The highest BCUT2D eigenvalue weighted by atomic mass is 32.2. The molecule has 0 unspecified atom stereocenters. The zero-order valence-electron chi connectivity index (χ0n) is 7.43. The van der Waals surface area contributed by atoms with Crippen LogP contribution < -0.4 is 10.5 Å². The van der Waals surface area contributed by atoms with Crippen LogP contribution in [0.2, 0.25) is 0 Å². The van der Waals surface area contributed by atoms with Crippen molar-refractivity contribution in [3.8, 4) is 0 Å². The summed E-state index contributed by atoms with van der Waals surface area (Å²) in [5, 5.41) is 15.9. The first kappa shape index (κ1) is 11.2. The number of furan rings is 1. The Balaban J connectivity index is 2.60. The van der Waals surface area contributed by atoms with Crippen molar-refractivity contribution < 1.29 is 17.9 Å². The SMILES string of the molecule is NS(=O)(=O)c1ccc(CNCCO)o1. The van der Waals surface area contributed by atoms with Crippen LogP contribution in [0.25, 0.3) is 0 Å². The van der Waals surface area contributed by atoms with Crippen LogP contribution in [0.4, 0.5) is 0 Å². The van der Waals surface area contributed by atoms with E-state index in [2.05, 4.69) is 5.32 Å². The summed E-state index contributed by atoms with van der Waals surface area (Å²) in [6, 6.07) is 2.81. The van der Waals surface area contributed by atoms with Gasteiger partial charge in [-0.1, -0.05) is 0 Å². The summed E-state index contributed by atoms with van der Waals surface area (Å²) in [5.74, 6) is 0.461. The van der Waals surface area contributed by atoms with Gasteiger partial charge in [0.15, 0.2) is 0 Å². The fraction of sp³-hybridized carbons (Fsp3) is 0.429. The Bertz CT molecular complexity index is 384. The number of rotatable bonds is 5. The summed E-state index contributed by atoms with van der Waals surface area (Å²) in [6.07, 6.45) is 0. The number of aliphatic hydroxyl groups is 1. The highest BCUT2D eigenvalue weighted by Crippen LogP contribution is 2.11. The van der Waals surface area contributed by atoms with Crippen LogP contribution in [0, 0.1) is 0 Å². The van der Waals surface area contributed by atoms with Gasteiger partial charge in [-0.25, -0.2) is 13.6 Å². The minimum Gasteiger partial charge on any atom is -0.447 e. The molecule has 0 amide bonds. The smallest absolute Gasteiger partial charge is 0.271 e. The van der Waals surface area contributed by atoms with Gasteiger partial charge >= 0.3 is 0 Å². The molecule has 4 N–H and O–H groups in total. The van der Waals surface area contributed by atoms with Crippen molar-refractivity contribution in [3.63, 3.8) is 0 Å². The van der Waals surface area contributed by atoms with E-state index < -0.39 is 10.0 Å². The van der Waals surface area contributed by atoms with Crippen LogP contribution in [0.5, 0.6) is 0 Å². The second-order valence-corrected chi connectivity index (χ2v) is 4.16. The number of hydrogen-bond donors (Lipinski definition) is 3. The van der Waals surface area contributed by atoms with E-state index in [4.69, 9.17) is 14.7 Å². The summed E-state index contributed by atoms with van der Waals surface area (Å²) in [5.41, 5.74) is 0. The van der Waals surface area contributed by atoms with Gasteiger partial charge in [0.1, 0.15) is 5.76 Å². The number of nitrogens with two attached hydrogens (primary N) is 1. The van der Waals surface area contributed by atoms with Gasteiger partial charge in [0.05, 0.1) is 13.2 Å². The Hall–Kier alpha value is -0.890. The number of aliphatic hydroxyl groups excluding tert-OH is 1. The van der Waals surface area contributed by atoms with E-state index >= 15 is 0 Å². The monoisotopic (exact) mass is 220 g/mol. The fourth-order valence-electron chi connectivity index (χ4n) is 0.897. The van der Waals surface area contributed by atoms with Gasteiger partial charge in [-0.3, -0.25) is 0 Å². The molecule has 14 heavy (non-hydrogen) atoms. The minimum atomic E-state index is -3.76. The van der Waals surface area contributed by atoms with E-state index in [1.54, 1.807) is 0 Å². The third-order valence-electron chi connectivity index (χ3n) is 1.51. The molecule has 7 heteroatoms. The Labute approximate surface area is 81.8 Å². The maximum Gasteiger partial charge on any atom is 0.271 e. The topological polar surface area (TPSA) is 106 Å². The van der Waals surface area contributed by atoms with Crippen LogP contribution in [-0.4, -0.2) is 26.7 Å². The molecule has 0 saturated carbocycles. The Kier molecular flexibility index (Phi) is 3.64. The van der Waals surface area contributed by atoms with Crippen molar-refractivity contribution in [2.75, 3.05) is 13.2 Å². The van der Waals surface area contributed by atoms with E-state index in [9.17, 15) is 8.42 Å². The van der Waals surface area contributed by atoms with Crippen molar-refractivity contribution in [1.29, 1.82) is 0 Å². The van der Waals surface area contributed by atoms with Gasteiger partial charge < -0.3 is 14.8 Å². The van der Waals surface area contributed by atoms with E-state index in [1.807, 2.05) is 0 Å². The molecule has 0 atom stereocenters. The lowest BCUT2D eigenvalue weighted by atomic mass is 10.4. The predicted molar refractivity (Wildman–Crippen MR) is 48.9 cm³/mol. The fourth-order valence-corrected chi connectivity index (χ4v) is 1.38. The van der Waals surface area contributed by atoms with E-state index in [1.165, 1.54) is 12.1 Å². The maximum atomic E-state index is 10.8. The van der Waals surface area contributed by atoms with Crippen LogP contribution in [0.15, 0.2) is 21.6 Å². The predicted octanol–water partition coefficient (Wildman–Crippen LogP) is -0.991. The molecule has 1 heterocycles. The number of sulfonamides is 1. The number of hydrogen-bond acceptors (Lipinski definition) is 5. The van der Waals surface area contributed by atoms with E-state index in [-0.39, 0.29) is 11.7 Å². The summed E-state index contributed by atoms with van der Waals surface area (Å²) in [6.45, 7) is 0.796.